The molecule has 0 bridgehead atoms. The molecule has 0 spiro atoms. The van der Waals surface area contributed by atoms with Crippen molar-refractivity contribution in [2.45, 2.75) is 84.5 Å². The van der Waals surface area contributed by atoms with E-state index in [9.17, 15) is 0 Å². The zero-order chi connectivity index (χ0) is 52.8. The second kappa shape index (κ2) is 18.5. The van der Waals surface area contributed by atoms with Gasteiger partial charge in [0.25, 0.3) is 6.71 Å². The average molecular weight is 996 g/mol. The quantitative estimate of drug-likeness (QED) is 0.141. The molecule has 0 unspecified atom stereocenters. The van der Waals surface area contributed by atoms with Gasteiger partial charge in [0, 0.05) is 45.4 Å². The summed E-state index contributed by atoms with van der Waals surface area (Å²) in [5.74, 6) is 0. The summed E-state index contributed by atoms with van der Waals surface area (Å²) in [7, 11) is 0. The molecule has 1 aliphatic carbocycles. The van der Waals surface area contributed by atoms with Crippen LogP contribution in [-0.4, -0.2) is 6.71 Å². The van der Waals surface area contributed by atoms with Crippen LogP contribution >= 0.6 is 0 Å². The minimum absolute atomic E-state index is 0.00717. The number of hydrogen-bond acceptors (Lipinski definition) is 3. The molecule has 0 radical (unpaired) electrons. The Morgan fingerprint density at radius 1 is 0.390 bits per heavy atom. The predicted molar refractivity (Wildman–Crippen MR) is 330 cm³/mol. The fraction of sp³-hybridized carbons (Fsp3) is 0.178. The topological polar surface area (TPSA) is 9.72 Å². The van der Waals surface area contributed by atoms with Crippen molar-refractivity contribution in [3.8, 4) is 33.4 Å². The summed E-state index contributed by atoms with van der Waals surface area (Å²) in [6.45, 7) is 19.1. The first-order chi connectivity index (χ1) is 37.2. The largest absolute Gasteiger partial charge is 0.311 e. The summed E-state index contributed by atoms with van der Waals surface area (Å²) in [5, 5.41) is 0. The molecule has 0 saturated carbocycles. The zero-order valence-electron chi connectivity index (χ0n) is 45.8. The van der Waals surface area contributed by atoms with Gasteiger partial charge in [-0.25, -0.2) is 0 Å². The average Bonchev–Trinajstić information content (AvgIpc) is 3.53. The third-order valence-corrected chi connectivity index (χ3v) is 17.2. The minimum atomic E-state index is -0.0870. The van der Waals surface area contributed by atoms with E-state index in [0.717, 1.165) is 35.6 Å². The molecule has 376 valence electrons. The minimum Gasteiger partial charge on any atom is -0.311 e. The van der Waals surface area contributed by atoms with Gasteiger partial charge in [0.05, 0.1) is 11.4 Å². The molecule has 13 rings (SSSR count). The van der Waals surface area contributed by atoms with Gasteiger partial charge in [-0.1, -0.05) is 212 Å². The molecule has 2 heterocycles. The van der Waals surface area contributed by atoms with Crippen molar-refractivity contribution in [2.75, 3.05) is 14.7 Å². The number of aryl methyl sites for hydroxylation is 1. The highest BCUT2D eigenvalue weighted by Crippen LogP contribution is 2.54. The fourth-order valence-corrected chi connectivity index (χ4v) is 12.8. The van der Waals surface area contributed by atoms with Gasteiger partial charge < -0.3 is 14.7 Å². The van der Waals surface area contributed by atoms with E-state index in [1.54, 1.807) is 0 Å². The Labute approximate surface area is 457 Å². The van der Waals surface area contributed by atoms with Gasteiger partial charge >= 0.3 is 0 Å². The monoisotopic (exact) mass is 996 g/mol. The van der Waals surface area contributed by atoms with Gasteiger partial charge in [-0.2, -0.15) is 0 Å². The Balaban J connectivity index is 1.21. The summed E-state index contributed by atoms with van der Waals surface area (Å²) >= 11 is 0. The highest BCUT2D eigenvalue weighted by atomic mass is 15.2. The van der Waals surface area contributed by atoms with Gasteiger partial charge in [-0.3, -0.25) is 0 Å². The molecule has 10 aromatic carbocycles. The number of fused-ring (bicyclic) bond motifs is 5. The molecule has 0 aromatic heterocycles. The second-order valence-corrected chi connectivity index (χ2v) is 24.1. The fourth-order valence-electron chi connectivity index (χ4n) is 12.8. The molecule has 3 aliphatic rings. The van der Waals surface area contributed by atoms with Gasteiger partial charge in [-0.15, -0.1) is 0 Å². The van der Waals surface area contributed by atoms with Gasteiger partial charge in [0.15, 0.2) is 0 Å². The first kappa shape index (κ1) is 48.3. The molecule has 0 atom stereocenters. The number of hydrogen-bond donors (Lipinski definition) is 0. The first-order valence-electron chi connectivity index (χ1n) is 27.7. The maximum atomic E-state index is 2.67. The molecule has 0 N–H and O–H groups in total. The summed E-state index contributed by atoms with van der Waals surface area (Å²) in [6.07, 6.45) is 2.26. The van der Waals surface area contributed by atoms with Crippen LogP contribution in [0.25, 0.3) is 33.4 Å². The number of nitrogens with zero attached hydrogens (tertiary/aromatic N) is 3. The Morgan fingerprint density at radius 3 is 1.40 bits per heavy atom. The lowest BCUT2D eigenvalue weighted by atomic mass is 9.33. The van der Waals surface area contributed by atoms with E-state index in [1.807, 2.05) is 0 Å². The van der Waals surface area contributed by atoms with Crippen molar-refractivity contribution < 1.29 is 0 Å². The van der Waals surface area contributed by atoms with E-state index in [2.05, 4.69) is 301 Å². The molecule has 77 heavy (non-hydrogen) atoms. The van der Waals surface area contributed by atoms with Crippen LogP contribution in [0.4, 0.5) is 51.2 Å². The maximum absolute atomic E-state index is 2.67. The van der Waals surface area contributed by atoms with E-state index in [-0.39, 0.29) is 23.0 Å². The summed E-state index contributed by atoms with van der Waals surface area (Å²) in [5.41, 5.74) is 26.9. The van der Waals surface area contributed by atoms with Crippen molar-refractivity contribution in [1.29, 1.82) is 0 Å². The Hall–Kier alpha value is -8.34. The first-order valence-corrected chi connectivity index (χ1v) is 27.7. The summed E-state index contributed by atoms with van der Waals surface area (Å²) < 4.78 is 0. The van der Waals surface area contributed by atoms with Crippen LogP contribution in [0.2, 0.25) is 0 Å². The lowest BCUT2D eigenvalue weighted by molar-refractivity contribution is 0.332. The summed E-state index contributed by atoms with van der Waals surface area (Å²) in [4.78, 5) is 7.77. The molecule has 0 amide bonds. The van der Waals surface area contributed by atoms with Crippen LogP contribution in [0.5, 0.6) is 0 Å². The normalized spacial score (nSPS) is 14.8. The lowest BCUT2D eigenvalue weighted by Gasteiger charge is -2.48. The van der Waals surface area contributed by atoms with Gasteiger partial charge in [0.2, 0.25) is 0 Å². The molecule has 2 aliphatic heterocycles. The third-order valence-electron chi connectivity index (χ3n) is 17.2. The van der Waals surface area contributed by atoms with E-state index in [0.29, 0.717) is 0 Å². The Morgan fingerprint density at radius 2 is 0.857 bits per heavy atom. The lowest BCUT2D eigenvalue weighted by Crippen LogP contribution is -2.62. The number of rotatable bonds is 8. The molecule has 4 heteroatoms. The van der Waals surface area contributed by atoms with Crippen LogP contribution < -0.4 is 31.1 Å². The van der Waals surface area contributed by atoms with Crippen LogP contribution in [0.15, 0.2) is 231 Å². The van der Waals surface area contributed by atoms with E-state index in [4.69, 9.17) is 0 Å². The summed E-state index contributed by atoms with van der Waals surface area (Å²) in [6, 6.07) is 86.8. The Kier molecular flexibility index (Phi) is 11.6. The van der Waals surface area contributed by atoms with Gasteiger partial charge in [-0.05, 0) is 169 Å². The predicted octanol–water partition coefficient (Wildman–Crippen LogP) is 18.2. The van der Waals surface area contributed by atoms with Crippen molar-refractivity contribution in [3.05, 3.63) is 253 Å². The third kappa shape index (κ3) is 8.28. The van der Waals surface area contributed by atoms with Crippen LogP contribution in [0, 0.1) is 6.92 Å². The standard InChI is InChI=1S/C73H66BN3/c1-49-34-35-53(50-24-14-9-15-25-50)42-65(49)77-67-48-61-60(72(5,6)40-41-73(61,7)8)47-63(67)74-62-38-36-54(51-26-16-10-17-27-51)43-66(62)76(64-39-37-55(71(2,3)4)44-59(64)52-28-18-11-19-29-52)68-45-58(46-69(77)70(68)74)75(56-30-20-12-21-31-56)57-32-22-13-23-33-57/h9-39,42-48H,40-41H2,1-8H3. The Bertz CT molecular complexity index is 3820. The van der Waals surface area contributed by atoms with E-state index < -0.39 is 0 Å². The van der Waals surface area contributed by atoms with Crippen molar-refractivity contribution >= 4 is 74.3 Å². The zero-order valence-corrected chi connectivity index (χ0v) is 45.8. The maximum Gasteiger partial charge on any atom is 0.252 e. The smallest absolute Gasteiger partial charge is 0.252 e. The van der Waals surface area contributed by atoms with Crippen molar-refractivity contribution in [3.63, 3.8) is 0 Å². The van der Waals surface area contributed by atoms with Crippen LogP contribution in [0.1, 0.15) is 83.6 Å². The van der Waals surface area contributed by atoms with Crippen LogP contribution in [-0.2, 0) is 16.2 Å². The molecular formula is C73H66BN3. The molecule has 3 nitrogen and oxygen atoms in total. The van der Waals surface area contributed by atoms with E-state index in [1.165, 1.54) is 100 Å². The van der Waals surface area contributed by atoms with Crippen molar-refractivity contribution in [2.24, 2.45) is 0 Å². The molecular weight excluding hydrogens is 930 g/mol. The highest BCUT2D eigenvalue weighted by molar-refractivity contribution is 7.00. The molecule has 0 saturated heterocycles. The van der Waals surface area contributed by atoms with Crippen LogP contribution in [0.3, 0.4) is 0 Å². The van der Waals surface area contributed by atoms with Gasteiger partial charge in [0.1, 0.15) is 0 Å². The SMILES string of the molecule is Cc1ccc(-c2ccccc2)cc1N1c2cc3c(cc2B2c4ccc(-c5ccccc5)cc4N(c4ccc(C(C)(C)C)cc4-c4ccccc4)c4cc(N(c5ccccc5)c5ccccc5)cc1c42)C(C)(C)CCC3(C)C. The highest BCUT2D eigenvalue weighted by Gasteiger charge is 2.47. The number of benzene rings is 10. The number of anilines is 9. The molecule has 10 aromatic rings. The van der Waals surface area contributed by atoms with E-state index >= 15 is 0 Å². The van der Waals surface area contributed by atoms with Crippen molar-refractivity contribution in [1.82, 2.24) is 0 Å². The number of para-hydroxylation sites is 2. The second-order valence-electron chi connectivity index (χ2n) is 24.1. The molecule has 0 fully saturated rings.